The van der Waals surface area contributed by atoms with Crippen molar-refractivity contribution in [2.45, 2.75) is 32.8 Å². The molecule has 4 rings (SSSR count). The van der Waals surface area contributed by atoms with Gasteiger partial charge in [-0.05, 0) is 80.2 Å². The fraction of sp³-hybridized carbons (Fsp3) is 0.222. The average molecular weight is 747 g/mol. The van der Waals surface area contributed by atoms with E-state index in [-0.39, 0.29) is 12.2 Å². The van der Waals surface area contributed by atoms with E-state index in [1.807, 2.05) is 18.2 Å². The second kappa shape index (κ2) is 13.0. The minimum atomic E-state index is -0.234. The molecule has 6 nitrogen and oxygen atoms in total. The van der Waals surface area contributed by atoms with Crippen molar-refractivity contribution in [3.63, 3.8) is 0 Å². The highest BCUT2D eigenvalue weighted by molar-refractivity contribution is 9.13. The molecular formula is C27H22Br3Cl2N3O3. The summed E-state index contributed by atoms with van der Waals surface area (Å²) < 4.78 is 15.2. The van der Waals surface area contributed by atoms with Gasteiger partial charge < -0.3 is 9.47 Å². The molecule has 3 aromatic carbocycles. The Morgan fingerprint density at radius 1 is 1.05 bits per heavy atom. The Hall–Kier alpha value is -1.91. The van der Waals surface area contributed by atoms with Crippen LogP contribution in [0.15, 0.2) is 65.8 Å². The number of nitrogens with zero attached hydrogens (tertiary/aromatic N) is 3. The first kappa shape index (κ1) is 29.1. The molecule has 0 N–H and O–H groups in total. The van der Waals surface area contributed by atoms with E-state index >= 15 is 0 Å². The molecule has 0 aliphatic carbocycles. The highest BCUT2D eigenvalue weighted by Gasteiger charge is 2.18. The minimum absolute atomic E-state index is 0.234. The molecule has 0 unspecified atom stereocenters. The number of aryl methyl sites for hydroxylation is 1. The Kier molecular flexibility index (Phi) is 9.92. The van der Waals surface area contributed by atoms with Crippen LogP contribution in [0.3, 0.4) is 0 Å². The summed E-state index contributed by atoms with van der Waals surface area (Å²) in [5, 5.41) is 5.97. The van der Waals surface area contributed by atoms with Crippen molar-refractivity contribution in [1.82, 2.24) is 9.66 Å². The normalized spacial score (nSPS) is 11.4. The summed E-state index contributed by atoms with van der Waals surface area (Å²) in [4.78, 5) is 18.1. The van der Waals surface area contributed by atoms with Crippen LogP contribution in [0.5, 0.6) is 11.5 Å². The van der Waals surface area contributed by atoms with Crippen molar-refractivity contribution in [2.24, 2.45) is 5.10 Å². The van der Waals surface area contributed by atoms with E-state index in [9.17, 15) is 4.79 Å². The van der Waals surface area contributed by atoms with Crippen molar-refractivity contribution in [2.75, 3.05) is 7.11 Å². The molecule has 1 heterocycles. The third-order valence-electron chi connectivity index (χ3n) is 5.68. The number of fused-ring (bicyclic) bond motifs is 1. The minimum Gasteiger partial charge on any atom is -0.493 e. The highest BCUT2D eigenvalue weighted by Crippen LogP contribution is 2.42. The summed E-state index contributed by atoms with van der Waals surface area (Å²) in [6.45, 7) is 2.34. The molecule has 198 valence electrons. The second-order valence-corrected chi connectivity index (χ2v) is 11.6. The van der Waals surface area contributed by atoms with Gasteiger partial charge in [-0.25, -0.2) is 4.98 Å². The Morgan fingerprint density at radius 2 is 1.84 bits per heavy atom. The number of ether oxygens (including phenoxy) is 2. The zero-order valence-corrected chi connectivity index (χ0v) is 26.7. The molecule has 0 saturated heterocycles. The summed E-state index contributed by atoms with van der Waals surface area (Å²) in [5.41, 5.74) is 1.94. The van der Waals surface area contributed by atoms with Gasteiger partial charge in [0.25, 0.3) is 5.56 Å². The smallest absolute Gasteiger partial charge is 0.282 e. The third-order valence-corrected chi connectivity index (χ3v) is 9.06. The molecule has 0 spiro atoms. The van der Waals surface area contributed by atoms with Gasteiger partial charge in [-0.3, -0.25) is 4.79 Å². The van der Waals surface area contributed by atoms with Crippen LogP contribution in [0, 0.1) is 0 Å². The van der Waals surface area contributed by atoms with E-state index in [0.717, 1.165) is 22.9 Å². The van der Waals surface area contributed by atoms with E-state index < -0.39 is 0 Å². The van der Waals surface area contributed by atoms with E-state index in [0.29, 0.717) is 59.2 Å². The predicted molar refractivity (Wildman–Crippen MR) is 164 cm³/mol. The summed E-state index contributed by atoms with van der Waals surface area (Å²) in [7, 11) is 1.56. The fourth-order valence-electron chi connectivity index (χ4n) is 3.70. The number of hydrogen-bond acceptors (Lipinski definition) is 5. The summed E-state index contributed by atoms with van der Waals surface area (Å²) in [6, 6.07) is 12.6. The van der Waals surface area contributed by atoms with Gasteiger partial charge in [0.15, 0.2) is 11.5 Å². The molecule has 1 aromatic heterocycles. The highest BCUT2D eigenvalue weighted by atomic mass is 79.9. The van der Waals surface area contributed by atoms with Gasteiger partial charge in [-0.1, -0.05) is 58.5 Å². The quantitative estimate of drug-likeness (QED) is 0.161. The first-order valence-corrected chi connectivity index (χ1v) is 14.7. The van der Waals surface area contributed by atoms with Crippen molar-refractivity contribution >= 4 is 88.1 Å². The van der Waals surface area contributed by atoms with Crippen LogP contribution in [0.1, 0.15) is 36.7 Å². The average Bonchev–Trinajstić information content (AvgIpc) is 2.90. The van der Waals surface area contributed by atoms with Gasteiger partial charge in [-0.15, -0.1) is 0 Å². The number of rotatable bonds is 9. The lowest BCUT2D eigenvalue weighted by atomic mass is 10.2. The zero-order chi connectivity index (χ0) is 27.4. The van der Waals surface area contributed by atoms with Gasteiger partial charge in [-0.2, -0.15) is 9.78 Å². The Morgan fingerprint density at radius 3 is 2.55 bits per heavy atom. The number of methoxy groups -OCH3 is 1. The third kappa shape index (κ3) is 6.45. The number of halogens is 5. The topological polar surface area (TPSA) is 65.7 Å². The van der Waals surface area contributed by atoms with E-state index in [1.54, 1.807) is 37.6 Å². The molecule has 0 amide bonds. The van der Waals surface area contributed by atoms with Crippen LogP contribution in [0.25, 0.3) is 10.9 Å². The molecule has 0 bridgehead atoms. The van der Waals surface area contributed by atoms with Crippen LogP contribution < -0.4 is 15.0 Å². The number of aromatic nitrogens is 2. The maximum atomic E-state index is 13.4. The van der Waals surface area contributed by atoms with Gasteiger partial charge in [0.05, 0.1) is 38.7 Å². The lowest BCUT2D eigenvalue weighted by Crippen LogP contribution is -2.22. The molecular weight excluding hydrogens is 725 g/mol. The molecule has 0 radical (unpaired) electrons. The standard InChI is InChI=1S/C27H22Br3Cl2N3O3/c1-3-4-5-23-34-21-9-7-17(28)12-18(21)27(36)35(23)33-13-16-11-22(37-2)26(25(30)24(16)29)38-14-15-6-8-19(31)20(32)10-15/h6-13H,3-5,14H2,1-2H3. The monoisotopic (exact) mass is 743 g/mol. The predicted octanol–water partition coefficient (Wildman–Crippen LogP) is 8.80. The molecule has 0 aliphatic rings. The first-order chi connectivity index (χ1) is 18.2. The van der Waals surface area contributed by atoms with Crippen LogP contribution >= 0.6 is 71.0 Å². The van der Waals surface area contributed by atoms with Crippen molar-refractivity contribution in [3.05, 3.63) is 93.2 Å². The Balaban J connectivity index is 1.71. The fourth-order valence-corrected chi connectivity index (χ4v) is 5.32. The van der Waals surface area contributed by atoms with E-state index in [1.165, 1.54) is 4.68 Å². The SMILES string of the molecule is CCCCc1nc2ccc(Br)cc2c(=O)n1N=Cc1cc(OC)c(OCc2ccc(Cl)c(Cl)c2)c(Br)c1Br. The largest absolute Gasteiger partial charge is 0.493 e. The molecule has 0 saturated carbocycles. The number of hydrogen-bond donors (Lipinski definition) is 0. The Labute approximate surface area is 255 Å². The molecule has 0 atom stereocenters. The summed E-state index contributed by atoms with van der Waals surface area (Å²) >= 11 is 22.8. The maximum absolute atomic E-state index is 13.4. The maximum Gasteiger partial charge on any atom is 0.282 e. The molecule has 11 heteroatoms. The van der Waals surface area contributed by atoms with Gasteiger partial charge in [0.1, 0.15) is 12.4 Å². The molecule has 0 fully saturated rings. The second-order valence-electron chi connectivity index (χ2n) is 8.32. The van der Waals surface area contributed by atoms with Gasteiger partial charge in [0, 0.05) is 20.9 Å². The van der Waals surface area contributed by atoms with Crippen molar-refractivity contribution < 1.29 is 9.47 Å². The van der Waals surface area contributed by atoms with Crippen molar-refractivity contribution in [3.8, 4) is 11.5 Å². The van der Waals surface area contributed by atoms with Crippen LogP contribution in [0.2, 0.25) is 10.0 Å². The van der Waals surface area contributed by atoms with Crippen molar-refractivity contribution in [1.29, 1.82) is 0 Å². The molecule has 4 aromatic rings. The van der Waals surface area contributed by atoms with Gasteiger partial charge >= 0.3 is 0 Å². The number of unbranched alkanes of at least 4 members (excludes halogenated alkanes) is 1. The van der Waals surface area contributed by atoms with Crippen LogP contribution in [-0.4, -0.2) is 23.0 Å². The lowest BCUT2D eigenvalue weighted by Gasteiger charge is -2.16. The van der Waals surface area contributed by atoms with Crippen LogP contribution in [-0.2, 0) is 13.0 Å². The first-order valence-electron chi connectivity index (χ1n) is 11.6. The molecule has 0 aliphatic heterocycles. The molecule has 38 heavy (non-hydrogen) atoms. The van der Waals surface area contributed by atoms with Gasteiger partial charge in [0.2, 0.25) is 0 Å². The lowest BCUT2D eigenvalue weighted by molar-refractivity contribution is 0.282. The van der Waals surface area contributed by atoms with E-state index in [4.69, 9.17) is 37.7 Å². The van der Waals surface area contributed by atoms with E-state index in [2.05, 4.69) is 59.8 Å². The summed E-state index contributed by atoms with van der Waals surface area (Å²) in [5.74, 6) is 1.59. The zero-order valence-electron chi connectivity index (χ0n) is 20.4. The summed E-state index contributed by atoms with van der Waals surface area (Å²) in [6.07, 6.45) is 4.09. The Bertz CT molecular complexity index is 1590. The number of benzene rings is 3. The van der Waals surface area contributed by atoms with Crippen LogP contribution in [0.4, 0.5) is 0 Å².